The van der Waals surface area contributed by atoms with E-state index >= 15 is 0 Å². The summed E-state index contributed by atoms with van der Waals surface area (Å²) in [7, 11) is 0. The van der Waals surface area contributed by atoms with Gasteiger partial charge in [0.15, 0.2) is 0 Å². The van der Waals surface area contributed by atoms with Crippen LogP contribution in [0, 0.1) is 5.92 Å². The number of thioether (sulfide) groups is 2. The smallest absolute Gasteiger partial charge is 0.128 e. The van der Waals surface area contributed by atoms with E-state index in [0.717, 1.165) is 10.1 Å². The minimum Gasteiger partial charge on any atom is -0.349 e. The van der Waals surface area contributed by atoms with Crippen molar-refractivity contribution in [1.82, 2.24) is 0 Å². The molecule has 0 aromatic heterocycles. The van der Waals surface area contributed by atoms with E-state index < -0.39 is 0 Å². The van der Waals surface area contributed by atoms with Crippen LogP contribution in [-0.2, 0) is 0 Å². The summed E-state index contributed by atoms with van der Waals surface area (Å²) in [6.07, 6.45) is 26.2. The van der Waals surface area contributed by atoms with Gasteiger partial charge < -0.3 is 5.32 Å². The topological polar surface area (TPSA) is 24.4 Å². The average Bonchev–Trinajstić information content (AvgIpc) is 3.34. The number of fused-ring (bicyclic) bond motifs is 2. The number of nitrogens with one attached hydrogen (secondary N) is 1. The Bertz CT molecular complexity index is 1160. The largest absolute Gasteiger partial charge is 0.349 e. The van der Waals surface area contributed by atoms with Gasteiger partial charge in [0.25, 0.3) is 0 Å². The van der Waals surface area contributed by atoms with Gasteiger partial charge in [-0.2, -0.15) is 0 Å². The van der Waals surface area contributed by atoms with Gasteiger partial charge in [-0.05, 0) is 41.5 Å². The Morgan fingerprint density at radius 3 is 2.93 bits per heavy atom. The van der Waals surface area contributed by atoms with Crippen molar-refractivity contribution in [2.24, 2.45) is 10.9 Å². The first-order valence-corrected chi connectivity index (χ1v) is 11.3. The number of hydrogen-bond donors (Lipinski definition) is 1. The summed E-state index contributed by atoms with van der Waals surface area (Å²) in [5, 5.41) is 5.67. The predicted octanol–water partition coefficient (Wildman–Crippen LogP) is 6.55. The lowest BCUT2D eigenvalue weighted by Crippen LogP contribution is -2.40. The molecule has 1 aromatic rings. The Labute approximate surface area is 179 Å². The molecular formula is C25H18N2S2. The van der Waals surface area contributed by atoms with Gasteiger partial charge in [-0.3, -0.25) is 4.99 Å². The molecule has 3 aliphatic carbocycles. The summed E-state index contributed by atoms with van der Waals surface area (Å²) < 4.78 is 0. The fraction of sp³-hybridized carbons (Fsp3) is 0.0800. The molecule has 29 heavy (non-hydrogen) atoms. The quantitative estimate of drug-likeness (QED) is 0.598. The molecule has 140 valence electrons. The van der Waals surface area contributed by atoms with Crippen LogP contribution in [0.15, 0.2) is 128 Å². The Hall–Kier alpha value is -2.69. The zero-order chi connectivity index (χ0) is 19.3. The van der Waals surface area contributed by atoms with Crippen LogP contribution in [0.4, 0.5) is 5.69 Å². The summed E-state index contributed by atoms with van der Waals surface area (Å²) in [6, 6.07) is 8.39. The van der Waals surface area contributed by atoms with Crippen molar-refractivity contribution < 1.29 is 0 Å². The first kappa shape index (κ1) is 17.2. The summed E-state index contributed by atoms with van der Waals surface area (Å²) in [6.45, 7) is 0. The number of nitrogens with zero attached hydrogens (tertiary/aromatic N) is 1. The highest BCUT2D eigenvalue weighted by Gasteiger charge is 2.50. The highest BCUT2D eigenvalue weighted by atomic mass is 32.2. The van der Waals surface area contributed by atoms with Gasteiger partial charge in [0.1, 0.15) is 5.54 Å². The lowest BCUT2D eigenvalue weighted by atomic mass is 9.68. The maximum absolute atomic E-state index is 5.27. The third kappa shape index (κ3) is 2.70. The summed E-state index contributed by atoms with van der Waals surface area (Å²) in [4.78, 5) is 7.86. The van der Waals surface area contributed by atoms with Gasteiger partial charge in [-0.1, -0.05) is 90.3 Å². The van der Waals surface area contributed by atoms with Crippen molar-refractivity contribution in [2.45, 2.75) is 10.4 Å². The zero-order valence-electron chi connectivity index (χ0n) is 15.6. The summed E-state index contributed by atoms with van der Waals surface area (Å²) in [5.74, 6) is 0.266. The maximum Gasteiger partial charge on any atom is 0.128 e. The number of rotatable bonds is 2. The molecule has 0 fully saturated rings. The normalized spacial score (nSPS) is 29.5. The van der Waals surface area contributed by atoms with Crippen LogP contribution >= 0.6 is 23.5 Å². The van der Waals surface area contributed by atoms with Crippen LogP contribution in [-0.4, -0.2) is 10.6 Å². The van der Waals surface area contributed by atoms with Crippen LogP contribution in [0.25, 0.3) is 0 Å². The van der Waals surface area contributed by atoms with Crippen LogP contribution in [0.3, 0.4) is 0 Å². The van der Waals surface area contributed by atoms with Crippen LogP contribution in [0.5, 0.6) is 0 Å². The van der Waals surface area contributed by atoms with E-state index in [2.05, 4.69) is 102 Å². The number of hydrogen-bond acceptors (Lipinski definition) is 4. The fourth-order valence-corrected chi connectivity index (χ4v) is 6.42. The summed E-state index contributed by atoms with van der Waals surface area (Å²) >= 11 is 3.56. The molecule has 1 N–H and O–H groups in total. The molecule has 0 amide bonds. The highest BCUT2D eigenvalue weighted by Crippen LogP contribution is 2.55. The first-order chi connectivity index (χ1) is 14.3. The standard InChI is InChI=1S/C25H18N2S2/c1-2-9-19-17(7-1)15-16-18-8-5-12-22-25(18,19)27-24(29-22)14-6-13-23-26-20-10-3-4-11-21(20)28-23/h1-16,19,26H. The molecule has 0 bridgehead atoms. The van der Waals surface area contributed by atoms with Crippen LogP contribution in [0.1, 0.15) is 0 Å². The number of aliphatic imine (C=N–C) groups is 1. The molecule has 1 spiro atoms. The molecule has 0 radical (unpaired) electrons. The van der Waals surface area contributed by atoms with Gasteiger partial charge in [0.05, 0.1) is 15.8 Å². The second kappa shape index (κ2) is 6.68. The van der Waals surface area contributed by atoms with Crippen molar-refractivity contribution in [3.8, 4) is 0 Å². The van der Waals surface area contributed by atoms with Gasteiger partial charge in [0, 0.05) is 15.7 Å². The Balaban J connectivity index is 1.30. The second-order valence-corrected chi connectivity index (χ2v) is 9.48. The first-order valence-electron chi connectivity index (χ1n) is 9.69. The van der Waals surface area contributed by atoms with Crippen LogP contribution in [0.2, 0.25) is 0 Å². The Kier molecular flexibility index (Phi) is 3.96. The van der Waals surface area contributed by atoms with Crippen molar-refractivity contribution in [1.29, 1.82) is 0 Å². The second-order valence-electron chi connectivity index (χ2n) is 7.33. The Morgan fingerprint density at radius 2 is 1.97 bits per heavy atom. The number of anilines is 1. The molecule has 5 aliphatic rings. The molecule has 4 heteroatoms. The van der Waals surface area contributed by atoms with E-state index in [1.165, 1.54) is 26.6 Å². The summed E-state index contributed by atoms with van der Waals surface area (Å²) in [5.41, 5.74) is 3.49. The fourth-order valence-electron chi connectivity index (χ4n) is 4.34. The molecule has 6 rings (SSSR count). The molecule has 0 saturated carbocycles. The lowest BCUT2D eigenvalue weighted by molar-refractivity contribution is 0.512. The van der Waals surface area contributed by atoms with Gasteiger partial charge in [-0.25, -0.2) is 0 Å². The predicted molar refractivity (Wildman–Crippen MR) is 126 cm³/mol. The highest BCUT2D eigenvalue weighted by molar-refractivity contribution is 8.18. The molecule has 2 aliphatic heterocycles. The Morgan fingerprint density at radius 1 is 1.00 bits per heavy atom. The molecule has 2 unspecified atom stereocenters. The van der Waals surface area contributed by atoms with Crippen LogP contribution < -0.4 is 5.32 Å². The number of para-hydroxylation sites is 1. The third-order valence-corrected chi connectivity index (χ3v) is 7.80. The van der Waals surface area contributed by atoms with Crippen molar-refractivity contribution >= 4 is 34.3 Å². The van der Waals surface area contributed by atoms with Crippen molar-refractivity contribution in [3.05, 3.63) is 118 Å². The zero-order valence-corrected chi connectivity index (χ0v) is 17.2. The number of benzene rings is 1. The molecule has 2 atom stereocenters. The van der Waals surface area contributed by atoms with E-state index in [4.69, 9.17) is 4.99 Å². The van der Waals surface area contributed by atoms with E-state index in [1.807, 2.05) is 0 Å². The van der Waals surface area contributed by atoms with Gasteiger partial charge in [0.2, 0.25) is 0 Å². The minimum atomic E-state index is -0.297. The minimum absolute atomic E-state index is 0.266. The van der Waals surface area contributed by atoms with Gasteiger partial charge in [-0.15, -0.1) is 0 Å². The SMILES string of the molecule is C1=CC2=CC=C3C=CC=C4SC(C=CC=C5Nc6ccccc6S5)=NC34C2C=C1. The van der Waals surface area contributed by atoms with Gasteiger partial charge >= 0.3 is 0 Å². The third-order valence-electron chi connectivity index (χ3n) is 5.66. The van der Waals surface area contributed by atoms with E-state index in [9.17, 15) is 0 Å². The molecule has 2 nitrogen and oxygen atoms in total. The molecule has 0 saturated heterocycles. The molecule has 1 aromatic carbocycles. The average molecular weight is 411 g/mol. The van der Waals surface area contributed by atoms with E-state index in [1.54, 1.807) is 23.5 Å². The molecule has 2 heterocycles. The van der Waals surface area contributed by atoms with Crippen molar-refractivity contribution in [3.63, 3.8) is 0 Å². The lowest BCUT2D eigenvalue weighted by Gasteiger charge is -2.40. The molecular weight excluding hydrogens is 392 g/mol. The van der Waals surface area contributed by atoms with E-state index in [-0.39, 0.29) is 11.5 Å². The maximum atomic E-state index is 5.27. The monoisotopic (exact) mass is 410 g/mol. The van der Waals surface area contributed by atoms with Crippen molar-refractivity contribution in [2.75, 3.05) is 5.32 Å². The number of allylic oxidation sites excluding steroid dienone is 9. The van der Waals surface area contributed by atoms with E-state index in [0.29, 0.717) is 0 Å².